The fraction of sp³-hybridized carbons (Fsp3) is 0.600. The molecule has 0 aliphatic rings. The minimum absolute atomic E-state index is 0.0453. The first-order chi connectivity index (χ1) is 7.15. The number of aromatic nitrogens is 2. The van der Waals surface area contributed by atoms with Crippen LogP contribution in [0.5, 0.6) is 0 Å². The molecular formula is C10H17N3O2. The van der Waals surface area contributed by atoms with E-state index in [1.165, 1.54) is 0 Å². The summed E-state index contributed by atoms with van der Waals surface area (Å²) in [5.74, 6) is -0.0453. The zero-order valence-corrected chi connectivity index (χ0v) is 9.39. The first kappa shape index (κ1) is 11.7. The maximum atomic E-state index is 11.5. The van der Waals surface area contributed by atoms with Gasteiger partial charge in [-0.3, -0.25) is 9.89 Å². The van der Waals surface area contributed by atoms with Gasteiger partial charge in [0.05, 0.1) is 30.1 Å². The molecular weight excluding hydrogens is 194 g/mol. The molecule has 0 aliphatic heterocycles. The number of carbonyl (C=O) groups is 1. The van der Waals surface area contributed by atoms with Gasteiger partial charge >= 0.3 is 0 Å². The topological polar surface area (TPSA) is 67.0 Å². The van der Waals surface area contributed by atoms with E-state index in [1.54, 1.807) is 0 Å². The van der Waals surface area contributed by atoms with Gasteiger partial charge in [0.25, 0.3) is 0 Å². The summed E-state index contributed by atoms with van der Waals surface area (Å²) in [6.45, 7) is 6.72. The number of H-pyrrole nitrogens is 1. The van der Waals surface area contributed by atoms with Crippen LogP contribution < -0.4 is 5.32 Å². The number of ether oxygens (including phenoxy) is 1. The Morgan fingerprint density at radius 1 is 1.53 bits per heavy atom. The van der Waals surface area contributed by atoms with Crippen LogP contribution in [-0.2, 0) is 9.53 Å². The van der Waals surface area contributed by atoms with Gasteiger partial charge in [0.1, 0.15) is 0 Å². The molecule has 5 heteroatoms. The summed E-state index contributed by atoms with van der Waals surface area (Å²) in [4.78, 5) is 11.5. The van der Waals surface area contributed by atoms with Gasteiger partial charge in [-0.1, -0.05) is 0 Å². The standard InChI is InChI=1S/C10H17N3O2/c1-4-15-6-5-9(14)11-10-7(2)12-13-8(10)3/h4-6H2,1-3H3,(H,11,14)(H,12,13). The van der Waals surface area contributed by atoms with E-state index < -0.39 is 0 Å². The van der Waals surface area contributed by atoms with Crippen molar-refractivity contribution in [1.82, 2.24) is 10.2 Å². The third kappa shape index (κ3) is 3.36. The smallest absolute Gasteiger partial charge is 0.226 e. The SMILES string of the molecule is CCOCCC(=O)Nc1c(C)n[nH]c1C. The Morgan fingerprint density at radius 3 is 2.80 bits per heavy atom. The van der Waals surface area contributed by atoms with Crippen molar-refractivity contribution >= 4 is 11.6 Å². The van der Waals surface area contributed by atoms with Crippen molar-refractivity contribution in [3.05, 3.63) is 11.4 Å². The fourth-order valence-electron chi connectivity index (χ4n) is 1.25. The summed E-state index contributed by atoms with van der Waals surface area (Å²) < 4.78 is 5.10. The lowest BCUT2D eigenvalue weighted by Gasteiger charge is -2.04. The van der Waals surface area contributed by atoms with E-state index in [0.717, 1.165) is 17.1 Å². The highest BCUT2D eigenvalue weighted by atomic mass is 16.5. The van der Waals surface area contributed by atoms with Crippen LogP contribution in [0.25, 0.3) is 0 Å². The van der Waals surface area contributed by atoms with Crippen molar-refractivity contribution in [3.8, 4) is 0 Å². The maximum absolute atomic E-state index is 11.5. The van der Waals surface area contributed by atoms with Crippen molar-refractivity contribution in [2.24, 2.45) is 0 Å². The second kappa shape index (κ2) is 5.50. The molecule has 0 saturated heterocycles. The fourth-order valence-corrected chi connectivity index (χ4v) is 1.25. The normalized spacial score (nSPS) is 10.3. The molecule has 0 spiro atoms. The molecule has 1 rings (SSSR count). The molecule has 1 heterocycles. The van der Waals surface area contributed by atoms with Crippen molar-refractivity contribution in [2.45, 2.75) is 27.2 Å². The number of amides is 1. The minimum atomic E-state index is -0.0453. The number of nitrogens with one attached hydrogen (secondary N) is 2. The predicted molar refractivity (Wildman–Crippen MR) is 57.8 cm³/mol. The Morgan fingerprint density at radius 2 is 2.27 bits per heavy atom. The summed E-state index contributed by atoms with van der Waals surface area (Å²) in [7, 11) is 0. The van der Waals surface area contributed by atoms with E-state index in [-0.39, 0.29) is 5.91 Å². The van der Waals surface area contributed by atoms with Crippen LogP contribution in [0.3, 0.4) is 0 Å². The summed E-state index contributed by atoms with van der Waals surface area (Å²) in [6.07, 6.45) is 0.373. The molecule has 0 radical (unpaired) electrons. The highest BCUT2D eigenvalue weighted by Gasteiger charge is 2.09. The molecule has 84 valence electrons. The molecule has 15 heavy (non-hydrogen) atoms. The Kier molecular flexibility index (Phi) is 4.30. The quantitative estimate of drug-likeness (QED) is 0.723. The third-order valence-electron chi connectivity index (χ3n) is 2.07. The molecule has 0 fully saturated rings. The largest absolute Gasteiger partial charge is 0.381 e. The Balaban J connectivity index is 2.44. The number of anilines is 1. The molecule has 0 aliphatic carbocycles. The van der Waals surface area contributed by atoms with E-state index >= 15 is 0 Å². The molecule has 0 saturated carbocycles. The summed E-state index contributed by atoms with van der Waals surface area (Å²) in [5, 5.41) is 9.61. The van der Waals surface area contributed by atoms with Crippen molar-refractivity contribution in [3.63, 3.8) is 0 Å². The average molecular weight is 211 g/mol. The third-order valence-corrected chi connectivity index (χ3v) is 2.07. The lowest BCUT2D eigenvalue weighted by Crippen LogP contribution is -2.15. The summed E-state index contributed by atoms with van der Waals surface area (Å²) in [6, 6.07) is 0. The average Bonchev–Trinajstić information content (AvgIpc) is 2.50. The molecule has 0 bridgehead atoms. The van der Waals surface area contributed by atoms with Gasteiger partial charge in [0.15, 0.2) is 0 Å². The van der Waals surface area contributed by atoms with E-state index in [1.807, 2.05) is 20.8 Å². The lowest BCUT2D eigenvalue weighted by molar-refractivity contribution is -0.117. The number of hydrogen-bond acceptors (Lipinski definition) is 3. The number of aryl methyl sites for hydroxylation is 2. The Hall–Kier alpha value is -1.36. The molecule has 1 aromatic heterocycles. The molecule has 1 aromatic rings. The van der Waals surface area contributed by atoms with Gasteiger partial charge < -0.3 is 10.1 Å². The van der Waals surface area contributed by atoms with Gasteiger partial charge in [-0.2, -0.15) is 5.10 Å². The molecule has 0 atom stereocenters. The number of nitrogens with zero attached hydrogens (tertiary/aromatic N) is 1. The van der Waals surface area contributed by atoms with Crippen molar-refractivity contribution in [1.29, 1.82) is 0 Å². The van der Waals surface area contributed by atoms with E-state index in [9.17, 15) is 4.79 Å². The van der Waals surface area contributed by atoms with Crippen LogP contribution in [0, 0.1) is 13.8 Å². The molecule has 2 N–H and O–H groups in total. The predicted octanol–water partition coefficient (Wildman–Crippen LogP) is 1.39. The van der Waals surface area contributed by atoms with Crippen LogP contribution in [0.2, 0.25) is 0 Å². The van der Waals surface area contributed by atoms with Gasteiger partial charge in [-0.15, -0.1) is 0 Å². The van der Waals surface area contributed by atoms with Crippen molar-refractivity contribution < 1.29 is 9.53 Å². The van der Waals surface area contributed by atoms with Gasteiger partial charge in [-0.25, -0.2) is 0 Å². The zero-order valence-electron chi connectivity index (χ0n) is 9.39. The van der Waals surface area contributed by atoms with E-state index in [4.69, 9.17) is 4.74 Å². The lowest BCUT2D eigenvalue weighted by atomic mass is 10.3. The summed E-state index contributed by atoms with van der Waals surface area (Å²) in [5.41, 5.74) is 2.45. The zero-order chi connectivity index (χ0) is 11.3. The van der Waals surface area contributed by atoms with Gasteiger partial charge in [0.2, 0.25) is 5.91 Å². The molecule has 1 amide bonds. The van der Waals surface area contributed by atoms with Crippen LogP contribution in [-0.4, -0.2) is 29.3 Å². The molecule has 5 nitrogen and oxygen atoms in total. The highest BCUT2D eigenvalue weighted by Crippen LogP contribution is 2.15. The maximum Gasteiger partial charge on any atom is 0.226 e. The Labute approximate surface area is 89.2 Å². The summed E-state index contributed by atoms with van der Waals surface area (Å²) >= 11 is 0. The van der Waals surface area contributed by atoms with Crippen molar-refractivity contribution in [2.75, 3.05) is 18.5 Å². The second-order valence-corrected chi connectivity index (χ2v) is 3.30. The number of carbonyl (C=O) groups excluding carboxylic acids is 1. The van der Waals surface area contributed by atoms with Crippen LogP contribution in [0.4, 0.5) is 5.69 Å². The first-order valence-corrected chi connectivity index (χ1v) is 5.04. The van der Waals surface area contributed by atoms with Crippen LogP contribution in [0.15, 0.2) is 0 Å². The number of aromatic amines is 1. The van der Waals surface area contributed by atoms with E-state index in [2.05, 4.69) is 15.5 Å². The Bertz CT molecular complexity index is 314. The second-order valence-electron chi connectivity index (χ2n) is 3.30. The first-order valence-electron chi connectivity index (χ1n) is 5.04. The van der Waals surface area contributed by atoms with Crippen LogP contribution >= 0.6 is 0 Å². The monoisotopic (exact) mass is 211 g/mol. The van der Waals surface area contributed by atoms with E-state index in [0.29, 0.717) is 19.6 Å². The number of hydrogen-bond donors (Lipinski definition) is 2. The molecule has 0 aromatic carbocycles. The number of rotatable bonds is 5. The van der Waals surface area contributed by atoms with Crippen LogP contribution in [0.1, 0.15) is 24.7 Å². The van der Waals surface area contributed by atoms with Gasteiger partial charge in [-0.05, 0) is 20.8 Å². The highest BCUT2D eigenvalue weighted by molar-refractivity contribution is 5.91. The molecule has 0 unspecified atom stereocenters. The van der Waals surface area contributed by atoms with Gasteiger partial charge in [0, 0.05) is 6.61 Å². The minimum Gasteiger partial charge on any atom is -0.381 e.